The third kappa shape index (κ3) is 4.50. The number of methoxy groups -OCH3 is 1. The molecule has 0 aliphatic rings. The van der Waals surface area contributed by atoms with Crippen LogP contribution in [-0.2, 0) is 9.53 Å². The van der Waals surface area contributed by atoms with E-state index in [2.05, 4.69) is 5.32 Å². The van der Waals surface area contributed by atoms with E-state index in [1.807, 2.05) is 0 Å². The Kier molecular flexibility index (Phi) is 5.59. The van der Waals surface area contributed by atoms with Crippen LogP contribution in [0.1, 0.15) is 18.1 Å². The first-order valence-electron chi connectivity index (χ1n) is 5.33. The number of rotatable bonds is 6. The summed E-state index contributed by atoms with van der Waals surface area (Å²) in [5.74, 6) is -0.714. The van der Waals surface area contributed by atoms with Gasteiger partial charge in [-0.1, -0.05) is 18.2 Å². The number of carbonyl (C=O) groups is 1. The summed E-state index contributed by atoms with van der Waals surface area (Å²) in [6.45, 7) is 0.311. The average molecular weight is 241 g/mol. The van der Waals surface area contributed by atoms with Gasteiger partial charge >= 0.3 is 0 Å². The van der Waals surface area contributed by atoms with Crippen LogP contribution in [0.3, 0.4) is 0 Å². The number of hydrogen-bond acceptors (Lipinski definition) is 3. The Bertz CT molecular complexity index is 371. The van der Waals surface area contributed by atoms with Crippen LogP contribution in [0.15, 0.2) is 24.3 Å². The first kappa shape index (κ1) is 13.6. The normalized spacial score (nSPS) is 12.2. The first-order valence-corrected chi connectivity index (χ1v) is 5.33. The lowest BCUT2D eigenvalue weighted by molar-refractivity contribution is -0.122. The molecular formula is C12H16FNO3. The van der Waals surface area contributed by atoms with Gasteiger partial charge in [-0.2, -0.15) is 0 Å². The maximum absolute atomic E-state index is 13.3. The second kappa shape index (κ2) is 6.98. The smallest absolute Gasteiger partial charge is 0.222 e. The highest BCUT2D eigenvalue weighted by Crippen LogP contribution is 2.15. The van der Waals surface area contributed by atoms with E-state index in [0.717, 1.165) is 0 Å². The van der Waals surface area contributed by atoms with Crippen molar-refractivity contribution in [3.05, 3.63) is 35.6 Å². The minimum atomic E-state index is -1.04. The van der Waals surface area contributed by atoms with Gasteiger partial charge in [-0.3, -0.25) is 4.79 Å². The lowest BCUT2D eigenvalue weighted by Gasteiger charge is -2.12. The molecule has 17 heavy (non-hydrogen) atoms. The molecule has 0 aliphatic heterocycles. The molecule has 1 aromatic carbocycles. The Morgan fingerprint density at radius 1 is 1.53 bits per heavy atom. The number of aliphatic hydroxyl groups excluding tert-OH is 1. The molecule has 4 nitrogen and oxygen atoms in total. The van der Waals surface area contributed by atoms with Crippen molar-refractivity contribution in [2.75, 3.05) is 20.3 Å². The molecule has 0 spiro atoms. The van der Waals surface area contributed by atoms with Crippen molar-refractivity contribution < 1.29 is 19.0 Å². The number of benzene rings is 1. The molecule has 5 heteroatoms. The molecule has 2 N–H and O–H groups in total. The van der Waals surface area contributed by atoms with Crippen molar-refractivity contribution in [1.82, 2.24) is 5.32 Å². The number of nitrogens with one attached hydrogen (secondary N) is 1. The molecule has 0 saturated carbocycles. The van der Waals surface area contributed by atoms with E-state index < -0.39 is 11.9 Å². The molecular weight excluding hydrogens is 225 g/mol. The zero-order valence-electron chi connectivity index (χ0n) is 9.65. The van der Waals surface area contributed by atoms with E-state index in [9.17, 15) is 14.3 Å². The average Bonchev–Trinajstić information content (AvgIpc) is 2.34. The minimum Gasteiger partial charge on any atom is -0.386 e. The van der Waals surface area contributed by atoms with E-state index in [1.54, 1.807) is 12.1 Å². The van der Waals surface area contributed by atoms with E-state index in [1.165, 1.54) is 19.2 Å². The lowest BCUT2D eigenvalue weighted by Crippen LogP contribution is -2.29. The van der Waals surface area contributed by atoms with Crippen molar-refractivity contribution >= 4 is 5.91 Å². The summed E-state index contributed by atoms with van der Waals surface area (Å²) in [7, 11) is 1.50. The Labute approximate surface area is 99.4 Å². The van der Waals surface area contributed by atoms with Gasteiger partial charge in [0.25, 0.3) is 0 Å². The van der Waals surface area contributed by atoms with Crippen molar-refractivity contribution in [2.45, 2.75) is 12.5 Å². The summed E-state index contributed by atoms with van der Waals surface area (Å²) >= 11 is 0. The van der Waals surface area contributed by atoms with Crippen LogP contribution in [0, 0.1) is 5.82 Å². The summed E-state index contributed by atoms with van der Waals surface area (Å²) in [6, 6.07) is 5.93. The van der Waals surface area contributed by atoms with E-state index >= 15 is 0 Å². The quantitative estimate of drug-likeness (QED) is 0.781. The van der Waals surface area contributed by atoms with Crippen molar-refractivity contribution in [1.29, 1.82) is 0 Å². The number of amides is 1. The monoisotopic (exact) mass is 241 g/mol. The highest BCUT2D eigenvalue weighted by atomic mass is 19.1. The zero-order valence-corrected chi connectivity index (χ0v) is 9.65. The largest absolute Gasteiger partial charge is 0.386 e. The fourth-order valence-electron chi connectivity index (χ4n) is 1.35. The van der Waals surface area contributed by atoms with E-state index in [-0.39, 0.29) is 24.4 Å². The lowest BCUT2D eigenvalue weighted by atomic mass is 10.1. The van der Waals surface area contributed by atoms with Gasteiger partial charge in [-0.15, -0.1) is 0 Å². The maximum Gasteiger partial charge on any atom is 0.222 e. The molecule has 0 aliphatic carbocycles. The molecule has 1 atom stereocenters. The van der Waals surface area contributed by atoms with Gasteiger partial charge in [-0.25, -0.2) is 4.39 Å². The van der Waals surface area contributed by atoms with Gasteiger partial charge in [0.15, 0.2) is 0 Å². The molecule has 1 rings (SSSR count). The molecule has 0 saturated heterocycles. The predicted octanol–water partition coefficient (Wildman–Crippen LogP) is 1.01. The highest BCUT2D eigenvalue weighted by Gasteiger charge is 2.12. The molecule has 1 amide bonds. The van der Waals surface area contributed by atoms with Gasteiger partial charge < -0.3 is 15.2 Å². The van der Waals surface area contributed by atoms with Crippen LogP contribution in [0.25, 0.3) is 0 Å². The molecule has 1 aromatic rings. The highest BCUT2D eigenvalue weighted by molar-refractivity contribution is 5.75. The van der Waals surface area contributed by atoms with Crippen molar-refractivity contribution in [3.63, 3.8) is 0 Å². The predicted molar refractivity (Wildman–Crippen MR) is 60.9 cm³/mol. The summed E-state index contributed by atoms with van der Waals surface area (Å²) in [6.07, 6.45) is -0.816. The van der Waals surface area contributed by atoms with Gasteiger partial charge in [0.2, 0.25) is 5.91 Å². The molecule has 0 radical (unpaired) electrons. The number of aliphatic hydroxyl groups is 1. The number of halogens is 1. The Hall–Kier alpha value is -1.46. The fourth-order valence-corrected chi connectivity index (χ4v) is 1.35. The third-order valence-electron chi connectivity index (χ3n) is 2.29. The van der Waals surface area contributed by atoms with Crippen LogP contribution in [0.5, 0.6) is 0 Å². The summed E-state index contributed by atoms with van der Waals surface area (Å²) in [5, 5.41) is 12.2. The topological polar surface area (TPSA) is 58.6 Å². The van der Waals surface area contributed by atoms with Gasteiger partial charge in [0.1, 0.15) is 5.82 Å². The summed E-state index contributed by atoms with van der Waals surface area (Å²) < 4.78 is 18.0. The second-order valence-electron chi connectivity index (χ2n) is 3.58. The molecule has 0 fully saturated rings. The molecule has 1 unspecified atom stereocenters. The Morgan fingerprint density at radius 3 is 2.88 bits per heavy atom. The fraction of sp³-hybridized carbons (Fsp3) is 0.417. The van der Waals surface area contributed by atoms with Gasteiger partial charge in [-0.05, 0) is 6.07 Å². The summed E-state index contributed by atoms with van der Waals surface area (Å²) in [5.41, 5.74) is 0.180. The van der Waals surface area contributed by atoms with E-state index in [0.29, 0.717) is 6.61 Å². The minimum absolute atomic E-state index is 0.0104. The van der Waals surface area contributed by atoms with Gasteiger partial charge in [0, 0.05) is 25.6 Å². The van der Waals surface area contributed by atoms with Gasteiger partial charge in [0.05, 0.1) is 12.7 Å². The van der Waals surface area contributed by atoms with Crippen LogP contribution < -0.4 is 5.32 Å². The first-order chi connectivity index (χ1) is 8.15. The third-order valence-corrected chi connectivity index (χ3v) is 2.29. The number of ether oxygens (including phenoxy) is 1. The number of hydrogen-bond donors (Lipinski definition) is 2. The Morgan fingerprint density at radius 2 is 2.24 bits per heavy atom. The van der Waals surface area contributed by atoms with Crippen molar-refractivity contribution in [2.24, 2.45) is 0 Å². The summed E-state index contributed by atoms with van der Waals surface area (Å²) in [4.78, 5) is 11.2. The maximum atomic E-state index is 13.3. The standard InChI is InChI=1S/C12H16FNO3/c1-17-7-6-12(16)14-8-11(15)9-4-2-3-5-10(9)13/h2-5,11,15H,6-8H2,1H3,(H,14,16). The molecule has 0 bridgehead atoms. The Balaban J connectivity index is 2.42. The molecule has 94 valence electrons. The zero-order chi connectivity index (χ0) is 12.7. The molecule has 0 aromatic heterocycles. The van der Waals surface area contributed by atoms with Crippen LogP contribution >= 0.6 is 0 Å². The van der Waals surface area contributed by atoms with Crippen LogP contribution in [-0.4, -0.2) is 31.3 Å². The van der Waals surface area contributed by atoms with E-state index in [4.69, 9.17) is 4.74 Å². The van der Waals surface area contributed by atoms with Crippen LogP contribution in [0.4, 0.5) is 4.39 Å². The second-order valence-corrected chi connectivity index (χ2v) is 3.58. The molecule has 0 heterocycles. The number of carbonyl (C=O) groups excluding carboxylic acids is 1. The SMILES string of the molecule is COCCC(=O)NCC(O)c1ccccc1F. The van der Waals surface area contributed by atoms with Crippen molar-refractivity contribution in [3.8, 4) is 0 Å². The van der Waals surface area contributed by atoms with Crippen LogP contribution in [0.2, 0.25) is 0 Å².